The summed E-state index contributed by atoms with van der Waals surface area (Å²) in [4.78, 5) is 0. The highest BCUT2D eigenvalue weighted by Gasteiger charge is 2.36. The third kappa shape index (κ3) is 3.01. The lowest BCUT2D eigenvalue weighted by Gasteiger charge is -2.35. The molecule has 1 N–H and O–H groups in total. The molecule has 1 heteroatoms. The standard InChI is InChI=1S/C36H38O/c1-18-12-14-24-17-29-33-28(32(24)21(18)4)16-20(3)31-23(6)22(5)30-19(2)13-15-26(34(30)35(31)33)25-10-8-7-9-11-27(25)36(29)37/h12-17,25,27,36-37H,7-11H2,1-6H3. The van der Waals surface area contributed by atoms with Gasteiger partial charge in [0.15, 0.2) is 0 Å². The van der Waals surface area contributed by atoms with Crippen LogP contribution < -0.4 is 0 Å². The summed E-state index contributed by atoms with van der Waals surface area (Å²) in [6.45, 7) is 13.7. The van der Waals surface area contributed by atoms with Crippen molar-refractivity contribution in [3.8, 4) is 0 Å². The van der Waals surface area contributed by atoms with E-state index in [0.29, 0.717) is 5.92 Å². The Hall–Kier alpha value is -2.90. The molecule has 188 valence electrons. The summed E-state index contributed by atoms with van der Waals surface area (Å²) < 4.78 is 0. The number of aryl methyl sites for hydroxylation is 6. The minimum atomic E-state index is -0.450. The maximum Gasteiger partial charge on any atom is 0.0830 e. The lowest BCUT2D eigenvalue weighted by Crippen LogP contribution is -2.22. The van der Waals surface area contributed by atoms with E-state index < -0.39 is 6.10 Å². The first-order chi connectivity index (χ1) is 17.8. The average Bonchev–Trinajstić information content (AvgIpc) is 3.13. The van der Waals surface area contributed by atoms with Crippen molar-refractivity contribution in [1.29, 1.82) is 0 Å². The first kappa shape index (κ1) is 23.2. The van der Waals surface area contributed by atoms with Gasteiger partial charge >= 0.3 is 0 Å². The lowest BCUT2D eigenvalue weighted by atomic mass is 9.70. The molecule has 5 aromatic carbocycles. The van der Waals surface area contributed by atoms with E-state index in [2.05, 4.69) is 77.9 Å². The summed E-state index contributed by atoms with van der Waals surface area (Å²) in [6.07, 6.45) is 5.56. The molecule has 2 aliphatic carbocycles. The zero-order valence-electron chi connectivity index (χ0n) is 23.2. The van der Waals surface area contributed by atoms with Gasteiger partial charge in [0.2, 0.25) is 0 Å². The van der Waals surface area contributed by atoms with Crippen LogP contribution in [0.2, 0.25) is 0 Å². The minimum Gasteiger partial charge on any atom is -0.388 e. The highest BCUT2D eigenvalue weighted by Crippen LogP contribution is 2.53. The van der Waals surface area contributed by atoms with Gasteiger partial charge < -0.3 is 5.11 Å². The molecule has 37 heavy (non-hydrogen) atoms. The molecule has 3 atom stereocenters. The molecule has 1 saturated carbocycles. The van der Waals surface area contributed by atoms with Gasteiger partial charge in [-0.25, -0.2) is 0 Å². The molecular weight excluding hydrogens is 448 g/mol. The van der Waals surface area contributed by atoms with Crippen LogP contribution in [0.3, 0.4) is 0 Å². The van der Waals surface area contributed by atoms with Crippen molar-refractivity contribution in [3.05, 3.63) is 80.9 Å². The molecule has 3 unspecified atom stereocenters. The smallest absolute Gasteiger partial charge is 0.0830 e. The Labute approximate surface area is 220 Å². The third-order valence-corrected chi connectivity index (χ3v) is 10.4. The van der Waals surface area contributed by atoms with Crippen molar-refractivity contribution in [3.63, 3.8) is 0 Å². The van der Waals surface area contributed by atoms with Gasteiger partial charge in [-0.2, -0.15) is 0 Å². The number of aliphatic hydroxyl groups is 1. The van der Waals surface area contributed by atoms with E-state index in [1.807, 2.05) is 0 Å². The highest BCUT2D eigenvalue weighted by atomic mass is 16.3. The summed E-state index contributed by atoms with van der Waals surface area (Å²) in [5.41, 5.74) is 10.9. The quantitative estimate of drug-likeness (QED) is 0.216. The fourth-order valence-corrected chi connectivity index (χ4v) is 8.33. The molecule has 0 aliphatic heterocycles. The van der Waals surface area contributed by atoms with Crippen LogP contribution in [0.4, 0.5) is 0 Å². The summed E-state index contributed by atoms with van der Waals surface area (Å²) in [5.74, 6) is 0.650. The van der Waals surface area contributed by atoms with Crippen LogP contribution in [-0.2, 0) is 0 Å². The Bertz CT molecular complexity index is 1790. The monoisotopic (exact) mass is 486 g/mol. The zero-order valence-corrected chi connectivity index (χ0v) is 23.2. The number of rotatable bonds is 0. The van der Waals surface area contributed by atoms with Crippen LogP contribution in [0, 0.1) is 47.5 Å². The predicted molar refractivity (Wildman–Crippen MR) is 159 cm³/mol. The van der Waals surface area contributed by atoms with Gasteiger partial charge in [-0.1, -0.05) is 49.6 Å². The summed E-state index contributed by atoms with van der Waals surface area (Å²) in [7, 11) is 0. The molecule has 2 aliphatic rings. The van der Waals surface area contributed by atoms with E-state index in [-0.39, 0.29) is 5.92 Å². The summed E-state index contributed by atoms with van der Waals surface area (Å²) in [6, 6.07) is 14.1. The van der Waals surface area contributed by atoms with Crippen molar-refractivity contribution < 1.29 is 5.11 Å². The third-order valence-electron chi connectivity index (χ3n) is 10.4. The van der Waals surface area contributed by atoms with E-state index in [0.717, 1.165) is 12.0 Å². The molecule has 1 nitrogen and oxygen atoms in total. The Morgan fingerprint density at radius 3 is 2.05 bits per heavy atom. The molecule has 0 spiro atoms. The van der Waals surface area contributed by atoms with E-state index in [1.165, 1.54) is 108 Å². The topological polar surface area (TPSA) is 20.2 Å². The molecule has 0 saturated heterocycles. The van der Waals surface area contributed by atoms with E-state index >= 15 is 0 Å². The molecule has 0 bridgehead atoms. The Morgan fingerprint density at radius 2 is 1.27 bits per heavy atom. The SMILES string of the molecule is Cc1ccc2cc3c4c(cc(C)c5c(C)c(C)c6c(C)ccc(c6c54)C4CCCCCC4C3O)c2c1C. The van der Waals surface area contributed by atoms with Gasteiger partial charge in [0.05, 0.1) is 6.10 Å². The van der Waals surface area contributed by atoms with Gasteiger partial charge in [0.1, 0.15) is 0 Å². The van der Waals surface area contributed by atoms with Gasteiger partial charge in [-0.3, -0.25) is 0 Å². The van der Waals surface area contributed by atoms with Gasteiger partial charge in [0.25, 0.3) is 0 Å². The van der Waals surface area contributed by atoms with Gasteiger partial charge in [-0.05, 0) is 160 Å². The van der Waals surface area contributed by atoms with Crippen LogP contribution in [0.1, 0.15) is 88.6 Å². The van der Waals surface area contributed by atoms with Crippen LogP contribution >= 0.6 is 0 Å². The maximum absolute atomic E-state index is 12.3. The normalized spacial score (nSPS) is 21.6. The Kier molecular flexibility index (Phi) is 5.05. The Balaban J connectivity index is 1.86. The van der Waals surface area contributed by atoms with Crippen molar-refractivity contribution in [2.45, 2.75) is 85.7 Å². The molecule has 0 amide bonds. The lowest BCUT2D eigenvalue weighted by molar-refractivity contribution is 0.0884. The fraction of sp³-hybridized carbons (Fsp3) is 0.389. The first-order valence-electron chi connectivity index (χ1n) is 14.3. The van der Waals surface area contributed by atoms with Crippen LogP contribution in [0.15, 0.2) is 36.4 Å². The van der Waals surface area contributed by atoms with Gasteiger partial charge in [0, 0.05) is 0 Å². The fourth-order valence-electron chi connectivity index (χ4n) is 8.33. The summed E-state index contributed by atoms with van der Waals surface area (Å²) in [5, 5.41) is 23.3. The van der Waals surface area contributed by atoms with E-state index in [9.17, 15) is 5.11 Å². The van der Waals surface area contributed by atoms with Crippen LogP contribution in [0.25, 0.3) is 43.1 Å². The Morgan fingerprint density at radius 1 is 0.568 bits per heavy atom. The van der Waals surface area contributed by atoms with E-state index in [1.54, 1.807) is 0 Å². The zero-order chi connectivity index (χ0) is 25.7. The van der Waals surface area contributed by atoms with E-state index in [4.69, 9.17) is 0 Å². The molecular formula is C36H38O. The first-order valence-corrected chi connectivity index (χ1v) is 14.3. The van der Waals surface area contributed by atoms with Crippen molar-refractivity contribution in [2.24, 2.45) is 5.92 Å². The minimum absolute atomic E-state index is 0.256. The average molecular weight is 487 g/mol. The highest BCUT2D eigenvalue weighted by molar-refractivity contribution is 6.29. The maximum atomic E-state index is 12.3. The number of hydrogen-bond donors (Lipinski definition) is 1. The number of benzene rings is 5. The molecule has 0 heterocycles. The number of aliphatic hydroxyl groups excluding tert-OH is 1. The van der Waals surface area contributed by atoms with Gasteiger partial charge in [-0.15, -0.1) is 0 Å². The predicted octanol–water partition coefficient (Wildman–Crippen LogP) is 9.86. The second-order valence-corrected chi connectivity index (χ2v) is 12.3. The second-order valence-electron chi connectivity index (χ2n) is 12.3. The van der Waals surface area contributed by atoms with Crippen LogP contribution in [0.5, 0.6) is 0 Å². The summed E-state index contributed by atoms with van der Waals surface area (Å²) >= 11 is 0. The van der Waals surface area contributed by atoms with Crippen LogP contribution in [-0.4, -0.2) is 5.11 Å². The molecule has 1 fully saturated rings. The van der Waals surface area contributed by atoms with Crippen molar-refractivity contribution in [1.82, 2.24) is 0 Å². The molecule has 0 radical (unpaired) electrons. The van der Waals surface area contributed by atoms with Crippen molar-refractivity contribution >= 4 is 43.1 Å². The molecule has 5 aromatic rings. The molecule has 7 rings (SSSR count). The largest absolute Gasteiger partial charge is 0.388 e. The van der Waals surface area contributed by atoms with Crippen molar-refractivity contribution in [2.75, 3.05) is 0 Å². The number of hydrogen-bond acceptors (Lipinski definition) is 1. The number of fused-ring (bicyclic) bond motifs is 4. The molecule has 0 aromatic heterocycles. The second kappa shape index (κ2) is 8.05.